The fraction of sp³-hybridized carbons (Fsp3) is 0.143. The molecule has 0 fully saturated rings. The van der Waals surface area contributed by atoms with Crippen LogP contribution in [0.4, 0.5) is 0 Å². The fourth-order valence-electron chi connectivity index (χ4n) is 1.63. The van der Waals surface area contributed by atoms with Gasteiger partial charge in [-0.2, -0.15) is 5.26 Å². The molecule has 1 aromatic carbocycles. The molecule has 2 heteroatoms. The summed E-state index contributed by atoms with van der Waals surface area (Å²) in [5.41, 5.74) is 3.70. The van der Waals surface area contributed by atoms with Gasteiger partial charge in [0.25, 0.3) is 0 Å². The highest BCUT2D eigenvalue weighted by molar-refractivity contribution is 5.69. The topological polar surface area (TPSA) is 36.7 Å². The molecule has 0 N–H and O–H groups in total. The molecule has 78 valence electrons. The molecule has 16 heavy (non-hydrogen) atoms. The molecule has 0 aliphatic heterocycles. The highest BCUT2D eigenvalue weighted by Crippen LogP contribution is 2.22. The summed E-state index contributed by atoms with van der Waals surface area (Å²) in [6.07, 6.45) is 2.76. The summed E-state index contributed by atoms with van der Waals surface area (Å²) < 4.78 is 0. The van der Waals surface area contributed by atoms with Crippen LogP contribution in [0.5, 0.6) is 0 Å². The molecule has 0 aliphatic rings. The van der Waals surface area contributed by atoms with Gasteiger partial charge in [-0.1, -0.05) is 31.2 Å². The summed E-state index contributed by atoms with van der Waals surface area (Å²) in [6, 6.07) is 13.8. The number of benzene rings is 1. The largest absolute Gasteiger partial charge is 0.261 e. The summed E-state index contributed by atoms with van der Waals surface area (Å²) in [7, 11) is 0. The Morgan fingerprint density at radius 3 is 2.62 bits per heavy atom. The maximum Gasteiger partial charge on any atom is 0.0998 e. The molecule has 0 bridgehead atoms. The van der Waals surface area contributed by atoms with E-state index in [1.165, 1.54) is 0 Å². The second-order valence-electron chi connectivity index (χ2n) is 3.55. The van der Waals surface area contributed by atoms with Crippen molar-refractivity contribution >= 4 is 0 Å². The maximum atomic E-state index is 9.01. The summed E-state index contributed by atoms with van der Waals surface area (Å²) in [5.74, 6) is 0. The second kappa shape index (κ2) is 4.59. The highest BCUT2D eigenvalue weighted by atomic mass is 14.7. The first-order valence-electron chi connectivity index (χ1n) is 5.29. The summed E-state index contributed by atoms with van der Waals surface area (Å²) in [4.78, 5) is 4.34. The van der Waals surface area contributed by atoms with Crippen molar-refractivity contribution in [3.8, 4) is 17.2 Å². The van der Waals surface area contributed by atoms with Crippen LogP contribution in [0.2, 0.25) is 0 Å². The van der Waals surface area contributed by atoms with Crippen molar-refractivity contribution in [2.24, 2.45) is 0 Å². The van der Waals surface area contributed by atoms with E-state index < -0.39 is 0 Å². The molecular weight excluding hydrogens is 196 g/mol. The van der Waals surface area contributed by atoms with Gasteiger partial charge in [-0.15, -0.1) is 0 Å². The van der Waals surface area contributed by atoms with Crippen molar-refractivity contribution in [2.45, 2.75) is 13.3 Å². The Morgan fingerprint density at radius 2 is 2.00 bits per heavy atom. The van der Waals surface area contributed by atoms with Crippen LogP contribution in [-0.2, 0) is 6.42 Å². The van der Waals surface area contributed by atoms with Crippen molar-refractivity contribution in [1.82, 2.24) is 4.98 Å². The maximum absolute atomic E-state index is 9.01. The van der Waals surface area contributed by atoms with Crippen molar-refractivity contribution in [3.05, 3.63) is 53.9 Å². The van der Waals surface area contributed by atoms with Gasteiger partial charge in [-0.05, 0) is 18.6 Å². The highest BCUT2D eigenvalue weighted by Gasteiger charge is 2.03. The van der Waals surface area contributed by atoms with Crippen LogP contribution in [0.25, 0.3) is 11.1 Å². The fourth-order valence-corrected chi connectivity index (χ4v) is 1.63. The summed E-state index contributed by atoms with van der Waals surface area (Å²) in [5, 5.41) is 9.01. The Kier molecular flexibility index (Phi) is 2.98. The zero-order valence-electron chi connectivity index (χ0n) is 9.14. The van der Waals surface area contributed by atoms with Crippen LogP contribution in [0.15, 0.2) is 42.6 Å². The Hall–Kier alpha value is -2.14. The van der Waals surface area contributed by atoms with Crippen LogP contribution in [0, 0.1) is 11.3 Å². The third-order valence-corrected chi connectivity index (χ3v) is 2.55. The lowest BCUT2D eigenvalue weighted by Gasteiger charge is -2.04. The molecule has 0 amide bonds. The van der Waals surface area contributed by atoms with E-state index in [-0.39, 0.29) is 0 Å². The first kappa shape index (κ1) is 10.4. The predicted molar refractivity (Wildman–Crippen MR) is 63.8 cm³/mol. The van der Waals surface area contributed by atoms with Gasteiger partial charge in [0.2, 0.25) is 0 Å². The van der Waals surface area contributed by atoms with Crippen molar-refractivity contribution < 1.29 is 0 Å². The molecule has 2 rings (SSSR count). The van der Waals surface area contributed by atoms with Gasteiger partial charge in [0.05, 0.1) is 11.6 Å². The molecule has 0 aliphatic carbocycles. The Morgan fingerprint density at radius 1 is 1.19 bits per heavy atom. The number of pyridine rings is 1. The van der Waals surface area contributed by atoms with E-state index in [1.807, 2.05) is 42.6 Å². The first-order valence-corrected chi connectivity index (χ1v) is 5.29. The van der Waals surface area contributed by atoms with Crippen LogP contribution in [-0.4, -0.2) is 4.98 Å². The number of aromatic nitrogens is 1. The van der Waals surface area contributed by atoms with Crippen molar-refractivity contribution in [2.75, 3.05) is 0 Å². The number of hydrogen-bond donors (Lipinski definition) is 0. The zero-order valence-corrected chi connectivity index (χ0v) is 9.14. The van der Waals surface area contributed by atoms with E-state index >= 15 is 0 Å². The van der Waals surface area contributed by atoms with E-state index in [0.717, 1.165) is 23.2 Å². The van der Waals surface area contributed by atoms with Gasteiger partial charge in [-0.3, -0.25) is 4.98 Å². The van der Waals surface area contributed by atoms with Crippen molar-refractivity contribution in [3.63, 3.8) is 0 Å². The van der Waals surface area contributed by atoms with Gasteiger partial charge in [0.1, 0.15) is 0 Å². The third kappa shape index (κ3) is 1.94. The van der Waals surface area contributed by atoms with E-state index in [9.17, 15) is 0 Å². The zero-order chi connectivity index (χ0) is 11.4. The molecule has 0 saturated carbocycles. The van der Waals surface area contributed by atoms with Gasteiger partial charge in [0.15, 0.2) is 0 Å². The lowest BCUT2D eigenvalue weighted by atomic mass is 10.0. The quantitative estimate of drug-likeness (QED) is 0.760. The van der Waals surface area contributed by atoms with Crippen molar-refractivity contribution in [1.29, 1.82) is 5.26 Å². The average Bonchev–Trinajstić information content (AvgIpc) is 2.39. The molecule has 1 heterocycles. The number of rotatable bonds is 2. The lowest BCUT2D eigenvalue weighted by Crippen LogP contribution is -1.88. The molecule has 2 nitrogen and oxygen atoms in total. The smallest absolute Gasteiger partial charge is 0.0998 e. The molecule has 0 radical (unpaired) electrons. The minimum atomic E-state index is 0.688. The van der Waals surface area contributed by atoms with E-state index in [4.69, 9.17) is 5.26 Å². The van der Waals surface area contributed by atoms with Gasteiger partial charge < -0.3 is 0 Å². The lowest BCUT2D eigenvalue weighted by molar-refractivity contribution is 1.04. The summed E-state index contributed by atoms with van der Waals surface area (Å²) in [6.45, 7) is 2.07. The standard InChI is InChI=1S/C14H12N2/c1-2-13-8-7-12(10-16-13)14-6-4-3-5-11(14)9-15/h3-8,10H,2H2,1H3. The van der Waals surface area contributed by atoms with Crippen LogP contribution >= 0.6 is 0 Å². The Balaban J connectivity index is 2.47. The number of aryl methyl sites for hydroxylation is 1. The average molecular weight is 208 g/mol. The van der Waals surface area contributed by atoms with E-state index in [1.54, 1.807) is 0 Å². The van der Waals surface area contributed by atoms with E-state index in [2.05, 4.69) is 18.0 Å². The SMILES string of the molecule is CCc1ccc(-c2ccccc2C#N)cn1. The number of nitriles is 1. The van der Waals surface area contributed by atoms with Gasteiger partial charge in [-0.25, -0.2) is 0 Å². The monoisotopic (exact) mass is 208 g/mol. The second-order valence-corrected chi connectivity index (χ2v) is 3.55. The first-order chi connectivity index (χ1) is 7.85. The minimum Gasteiger partial charge on any atom is -0.261 e. The molecular formula is C14H12N2. The van der Waals surface area contributed by atoms with Gasteiger partial charge in [0, 0.05) is 23.0 Å². The molecule has 0 atom stereocenters. The van der Waals surface area contributed by atoms with Gasteiger partial charge >= 0.3 is 0 Å². The molecule has 0 spiro atoms. The minimum absolute atomic E-state index is 0.688. The van der Waals surface area contributed by atoms with Crippen LogP contribution < -0.4 is 0 Å². The molecule has 2 aromatic rings. The number of hydrogen-bond acceptors (Lipinski definition) is 2. The molecule has 0 unspecified atom stereocenters. The summed E-state index contributed by atoms with van der Waals surface area (Å²) >= 11 is 0. The Bertz CT molecular complexity index is 521. The van der Waals surface area contributed by atoms with E-state index in [0.29, 0.717) is 5.56 Å². The molecule has 0 saturated heterocycles. The molecule has 1 aromatic heterocycles. The normalized spacial score (nSPS) is 9.75. The van der Waals surface area contributed by atoms with Crippen LogP contribution in [0.1, 0.15) is 18.2 Å². The Labute approximate surface area is 95.2 Å². The predicted octanol–water partition coefficient (Wildman–Crippen LogP) is 3.18. The van der Waals surface area contributed by atoms with Crippen LogP contribution in [0.3, 0.4) is 0 Å². The third-order valence-electron chi connectivity index (χ3n) is 2.55. The number of nitrogens with zero attached hydrogens (tertiary/aromatic N) is 2.